The van der Waals surface area contributed by atoms with E-state index in [4.69, 9.17) is 5.26 Å². The summed E-state index contributed by atoms with van der Waals surface area (Å²) in [7, 11) is 0. The fourth-order valence-electron chi connectivity index (χ4n) is 1.01. The maximum Gasteiger partial charge on any atom is 0.0962 e. The van der Waals surface area contributed by atoms with Gasteiger partial charge in [-0.05, 0) is 31.3 Å². The number of hydrogen-bond acceptors (Lipinski definition) is 3. The fourth-order valence-corrected chi connectivity index (χ4v) is 1.85. The van der Waals surface area contributed by atoms with Gasteiger partial charge in [-0.2, -0.15) is 17.0 Å². The van der Waals surface area contributed by atoms with E-state index in [9.17, 15) is 0 Å². The molecule has 76 valence electrons. The Morgan fingerprint density at radius 3 is 2.31 bits per heavy atom. The predicted octanol–water partition coefficient (Wildman–Crippen LogP) is 2.41. The standard InChI is InChI=1S/C10H20N2S/c1-8(2)12-10(7-11)5-6-13-9(3)4/h8-10,12H,5-6H2,1-4H3. The topological polar surface area (TPSA) is 35.8 Å². The molecule has 1 unspecified atom stereocenters. The van der Waals surface area contributed by atoms with E-state index in [1.165, 1.54) is 0 Å². The maximum absolute atomic E-state index is 8.82. The van der Waals surface area contributed by atoms with Gasteiger partial charge in [0.05, 0.1) is 12.1 Å². The molecule has 0 bridgehead atoms. The van der Waals surface area contributed by atoms with Crippen LogP contribution in [0.25, 0.3) is 0 Å². The van der Waals surface area contributed by atoms with Gasteiger partial charge in [0.25, 0.3) is 0 Å². The molecule has 0 aliphatic carbocycles. The largest absolute Gasteiger partial charge is 0.300 e. The van der Waals surface area contributed by atoms with Crippen LogP contribution >= 0.6 is 11.8 Å². The molecular weight excluding hydrogens is 180 g/mol. The number of nitrogens with one attached hydrogen (secondary N) is 1. The van der Waals surface area contributed by atoms with Gasteiger partial charge in [0.15, 0.2) is 0 Å². The third kappa shape index (κ3) is 8.14. The van der Waals surface area contributed by atoms with Crippen molar-refractivity contribution < 1.29 is 0 Å². The summed E-state index contributed by atoms with van der Waals surface area (Å²) in [5.41, 5.74) is 0. The van der Waals surface area contributed by atoms with Gasteiger partial charge in [0.2, 0.25) is 0 Å². The first-order valence-corrected chi connectivity index (χ1v) is 5.88. The summed E-state index contributed by atoms with van der Waals surface area (Å²) in [5, 5.41) is 12.7. The number of rotatable bonds is 6. The average molecular weight is 200 g/mol. The molecule has 2 nitrogen and oxygen atoms in total. The molecule has 3 heteroatoms. The van der Waals surface area contributed by atoms with Crippen molar-refractivity contribution in [2.45, 2.75) is 51.4 Å². The highest BCUT2D eigenvalue weighted by Crippen LogP contribution is 2.11. The van der Waals surface area contributed by atoms with E-state index < -0.39 is 0 Å². The second kappa shape index (κ2) is 7.23. The van der Waals surface area contributed by atoms with Crippen molar-refractivity contribution in [1.29, 1.82) is 5.26 Å². The number of thioether (sulfide) groups is 1. The molecule has 0 aromatic carbocycles. The Balaban J connectivity index is 3.56. The molecule has 0 amide bonds. The molecular formula is C10H20N2S. The van der Waals surface area contributed by atoms with E-state index in [2.05, 4.69) is 39.1 Å². The van der Waals surface area contributed by atoms with Crippen LogP contribution in [0.15, 0.2) is 0 Å². The van der Waals surface area contributed by atoms with E-state index in [1.807, 2.05) is 11.8 Å². The molecule has 0 radical (unpaired) electrons. The van der Waals surface area contributed by atoms with Crippen LogP contribution in [0.1, 0.15) is 34.1 Å². The van der Waals surface area contributed by atoms with Crippen molar-refractivity contribution in [3.8, 4) is 6.07 Å². The second-order valence-electron chi connectivity index (χ2n) is 3.71. The minimum Gasteiger partial charge on any atom is -0.300 e. The molecule has 0 spiro atoms. The second-order valence-corrected chi connectivity index (χ2v) is 5.40. The van der Waals surface area contributed by atoms with E-state index >= 15 is 0 Å². The summed E-state index contributed by atoms with van der Waals surface area (Å²) >= 11 is 1.91. The van der Waals surface area contributed by atoms with Crippen molar-refractivity contribution in [1.82, 2.24) is 5.32 Å². The molecule has 0 aliphatic heterocycles. The summed E-state index contributed by atoms with van der Waals surface area (Å²) in [6.45, 7) is 8.50. The number of nitriles is 1. The Labute approximate surface area is 86.1 Å². The molecule has 0 aromatic heterocycles. The van der Waals surface area contributed by atoms with E-state index in [0.29, 0.717) is 11.3 Å². The van der Waals surface area contributed by atoms with Crippen LogP contribution in [-0.2, 0) is 0 Å². The minimum absolute atomic E-state index is 0.0197. The first-order valence-electron chi connectivity index (χ1n) is 4.83. The molecule has 0 heterocycles. The molecule has 0 saturated heterocycles. The third-order valence-electron chi connectivity index (χ3n) is 1.55. The lowest BCUT2D eigenvalue weighted by Gasteiger charge is -2.14. The van der Waals surface area contributed by atoms with Gasteiger partial charge in [0, 0.05) is 6.04 Å². The predicted molar refractivity (Wildman–Crippen MR) is 59.9 cm³/mol. The minimum atomic E-state index is 0.0197. The summed E-state index contributed by atoms with van der Waals surface area (Å²) < 4.78 is 0. The average Bonchev–Trinajstić information content (AvgIpc) is 2.01. The van der Waals surface area contributed by atoms with Crippen molar-refractivity contribution in [3.05, 3.63) is 0 Å². The van der Waals surface area contributed by atoms with E-state index in [1.54, 1.807) is 0 Å². The molecule has 1 N–H and O–H groups in total. The van der Waals surface area contributed by atoms with Gasteiger partial charge in [-0.25, -0.2) is 0 Å². The lowest BCUT2D eigenvalue weighted by Crippen LogP contribution is -2.34. The van der Waals surface area contributed by atoms with Gasteiger partial charge in [0.1, 0.15) is 0 Å². The van der Waals surface area contributed by atoms with Gasteiger partial charge in [-0.1, -0.05) is 13.8 Å². The summed E-state index contributed by atoms with van der Waals surface area (Å²) in [5.74, 6) is 1.07. The van der Waals surface area contributed by atoms with Gasteiger partial charge in [-0.15, -0.1) is 0 Å². The first kappa shape index (κ1) is 12.8. The molecule has 13 heavy (non-hydrogen) atoms. The highest BCUT2D eigenvalue weighted by Gasteiger charge is 2.08. The molecule has 0 aromatic rings. The van der Waals surface area contributed by atoms with Gasteiger partial charge < -0.3 is 0 Å². The zero-order valence-corrected chi connectivity index (χ0v) is 9.82. The quantitative estimate of drug-likeness (QED) is 0.715. The third-order valence-corrected chi connectivity index (χ3v) is 2.69. The van der Waals surface area contributed by atoms with Crippen LogP contribution in [0.3, 0.4) is 0 Å². The Morgan fingerprint density at radius 1 is 1.31 bits per heavy atom. The van der Waals surface area contributed by atoms with Crippen molar-refractivity contribution >= 4 is 11.8 Å². The zero-order chi connectivity index (χ0) is 10.3. The zero-order valence-electron chi connectivity index (χ0n) is 9.00. The molecule has 0 saturated carbocycles. The molecule has 0 aliphatic rings. The van der Waals surface area contributed by atoms with Crippen LogP contribution in [0, 0.1) is 11.3 Å². The molecule has 1 atom stereocenters. The normalized spacial score (nSPS) is 13.3. The lowest BCUT2D eigenvalue weighted by atomic mass is 10.2. The Bertz CT molecular complexity index is 161. The van der Waals surface area contributed by atoms with Crippen molar-refractivity contribution in [3.63, 3.8) is 0 Å². The van der Waals surface area contributed by atoms with E-state index in [-0.39, 0.29) is 6.04 Å². The Morgan fingerprint density at radius 2 is 1.92 bits per heavy atom. The van der Waals surface area contributed by atoms with Gasteiger partial charge >= 0.3 is 0 Å². The molecule has 0 rings (SSSR count). The van der Waals surface area contributed by atoms with Gasteiger partial charge in [-0.3, -0.25) is 5.32 Å². The van der Waals surface area contributed by atoms with Crippen molar-refractivity contribution in [2.75, 3.05) is 5.75 Å². The first-order chi connectivity index (χ1) is 6.06. The SMILES string of the molecule is CC(C)NC(C#N)CCSC(C)C. The summed E-state index contributed by atoms with van der Waals surface area (Å²) in [6, 6.07) is 2.70. The van der Waals surface area contributed by atoms with Crippen LogP contribution in [0.5, 0.6) is 0 Å². The fraction of sp³-hybridized carbons (Fsp3) is 0.900. The van der Waals surface area contributed by atoms with Crippen molar-refractivity contribution in [2.24, 2.45) is 0 Å². The number of nitrogens with zero attached hydrogens (tertiary/aromatic N) is 1. The summed E-state index contributed by atoms with van der Waals surface area (Å²) in [4.78, 5) is 0. The smallest absolute Gasteiger partial charge is 0.0962 e. The Kier molecular flexibility index (Phi) is 7.12. The summed E-state index contributed by atoms with van der Waals surface area (Å²) in [6.07, 6.45) is 0.942. The van der Waals surface area contributed by atoms with Crippen LogP contribution < -0.4 is 5.32 Å². The van der Waals surface area contributed by atoms with Crippen LogP contribution in [-0.4, -0.2) is 23.1 Å². The monoisotopic (exact) mass is 200 g/mol. The van der Waals surface area contributed by atoms with E-state index in [0.717, 1.165) is 12.2 Å². The highest BCUT2D eigenvalue weighted by atomic mass is 32.2. The van der Waals surface area contributed by atoms with Crippen LogP contribution in [0.4, 0.5) is 0 Å². The maximum atomic E-state index is 8.82. The highest BCUT2D eigenvalue weighted by molar-refractivity contribution is 7.99. The Hall–Kier alpha value is -0.200. The number of hydrogen-bond donors (Lipinski definition) is 1. The molecule has 0 fully saturated rings. The lowest BCUT2D eigenvalue weighted by molar-refractivity contribution is 0.522. The van der Waals surface area contributed by atoms with Crippen LogP contribution in [0.2, 0.25) is 0 Å².